The highest BCUT2D eigenvalue weighted by Crippen LogP contribution is 2.41. The molecule has 1 atom stereocenters. The minimum absolute atomic E-state index is 0.119. The molecule has 0 spiro atoms. The quantitative estimate of drug-likeness (QED) is 0.511. The summed E-state index contributed by atoms with van der Waals surface area (Å²) in [4.78, 5) is 12.6. The van der Waals surface area contributed by atoms with Crippen LogP contribution in [-0.4, -0.2) is 26.0 Å². The van der Waals surface area contributed by atoms with Crippen molar-refractivity contribution in [2.75, 3.05) is 14.2 Å². The van der Waals surface area contributed by atoms with Crippen LogP contribution >= 0.6 is 0 Å². The smallest absolute Gasteiger partial charge is 0.334 e. The van der Waals surface area contributed by atoms with Crippen LogP contribution in [0, 0.1) is 12.7 Å². The van der Waals surface area contributed by atoms with Crippen molar-refractivity contribution >= 4 is 11.5 Å². The zero-order valence-electron chi connectivity index (χ0n) is 17.1. The van der Waals surface area contributed by atoms with E-state index in [1.54, 1.807) is 18.2 Å². The summed E-state index contributed by atoms with van der Waals surface area (Å²) >= 11 is 0. The Morgan fingerprint density at radius 2 is 1.83 bits per heavy atom. The van der Waals surface area contributed by atoms with Crippen LogP contribution in [0.4, 0.5) is 4.39 Å². The molecular formula is C24H25FO4. The van der Waals surface area contributed by atoms with Crippen molar-refractivity contribution in [2.24, 2.45) is 0 Å². The van der Waals surface area contributed by atoms with Crippen LogP contribution < -0.4 is 0 Å². The standard InChI is InChI=1S/C24H25FO4/c1-16-10-11-22(25)20(12-16)19-13-17(2)24(28-4,14-21(19)23(26)27-3)29-15-18-8-6-5-7-9-18/h5-13H,14-15H2,1-4H3. The van der Waals surface area contributed by atoms with E-state index in [9.17, 15) is 9.18 Å². The largest absolute Gasteiger partial charge is 0.466 e. The number of carbonyl (C=O) groups is 1. The van der Waals surface area contributed by atoms with Gasteiger partial charge in [-0.3, -0.25) is 0 Å². The van der Waals surface area contributed by atoms with Crippen molar-refractivity contribution < 1.29 is 23.4 Å². The van der Waals surface area contributed by atoms with Crippen LogP contribution in [0.25, 0.3) is 5.57 Å². The maximum Gasteiger partial charge on any atom is 0.334 e. The Labute approximate surface area is 170 Å². The summed E-state index contributed by atoms with van der Waals surface area (Å²) in [5.74, 6) is -2.07. The van der Waals surface area contributed by atoms with Gasteiger partial charge in [-0.05, 0) is 48.8 Å². The Balaban J connectivity index is 2.03. The Morgan fingerprint density at radius 1 is 1.10 bits per heavy atom. The molecule has 1 aliphatic rings. The number of halogens is 1. The number of aryl methyl sites for hydroxylation is 1. The second-order valence-electron chi connectivity index (χ2n) is 7.10. The average Bonchev–Trinajstić information content (AvgIpc) is 2.75. The molecule has 0 radical (unpaired) electrons. The van der Waals surface area contributed by atoms with E-state index in [-0.39, 0.29) is 6.42 Å². The molecule has 4 nitrogen and oxygen atoms in total. The lowest BCUT2D eigenvalue weighted by Gasteiger charge is -2.37. The molecule has 3 rings (SSSR count). The van der Waals surface area contributed by atoms with E-state index < -0.39 is 17.6 Å². The summed E-state index contributed by atoms with van der Waals surface area (Å²) in [5.41, 5.74) is 3.80. The van der Waals surface area contributed by atoms with Gasteiger partial charge in [0.1, 0.15) is 5.82 Å². The third-order valence-electron chi connectivity index (χ3n) is 5.18. The summed E-state index contributed by atoms with van der Waals surface area (Å²) in [6, 6.07) is 14.5. The highest BCUT2D eigenvalue weighted by atomic mass is 19.1. The first-order valence-corrected chi connectivity index (χ1v) is 9.40. The normalized spacial score (nSPS) is 19.1. The summed E-state index contributed by atoms with van der Waals surface area (Å²) in [7, 11) is 2.85. The van der Waals surface area contributed by atoms with E-state index >= 15 is 0 Å². The number of ether oxygens (including phenoxy) is 3. The Kier molecular flexibility index (Phi) is 6.30. The fourth-order valence-electron chi connectivity index (χ4n) is 3.50. The van der Waals surface area contributed by atoms with Crippen molar-refractivity contribution in [2.45, 2.75) is 32.7 Å². The number of rotatable bonds is 6. The van der Waals surface area contributed by atoms with Gasteiger partial charge in [-0.15, -0.1) is 0 Å². The summed E-state index contributed by atoms with van der Waals surface area (Å²) in [6.07, 6.45) is 1.87. The highest BCUT2D eigenvalue weighted by Gasteiger charge is 2.41. The second-order valence-corrected chi connectivity index (χ2v) is 7.10. The van der Waals surface area contributed by atoms with Crippen molar-refractivity contribution in [3.05, 3.63) is 88.3 Å². The molecule has 0 aromatic heterocycles. The maximum atomic E-state index is 14.6. The first-order valence-electron chi connectivity index (χ1n) is 9.40. The van der Waals surface area contributed by atoms with E-state index in [0.717, 1.165) is 16.7 Å². The molecule has 1 aliphatic carbocycles. The first-order chi connectivity index (χ1) is 13.9. The number of esters is 1. The monoisotopic (exact) mass is 396 g/mol. The SMILES string of the molecule is COC(=O)C1=C(c2cc(C)ccc2F)C=C(C)C(OC)(OCc2ccccc2)C1. The summed E-state index contributed by atoms with van der Waals surface area (Å²) in [5, 5.41) is 0. The molecule has 0 saturated carbocycles. The fraction of sp³-hybridized carbons (Fsp3) is 0.292. The zero-order valence-corrected chi connectivity index (χ0v) is 17.1. The van der Waals surface area contributed by atoms with Gasteiger partial charge in [0.15, 0.2) is 5.79 Å². The van der Waals surface area contributed by atoms with Gasteiger partial charge in [-0.2, -0.15) is 0 Å². The van der Waals surface area contributed by atoms with Gasteiger partial charge >= 0.3 is 5.97 Å². The first kappa shape index (κ1) is 21.0. The zero-order chi connectivity index (χ0) is 21.0. The van der Waals surface area contributed by atoms with E-state index in [1.807, 2.05) is 44.2 Å². The van der Waals surface area contributed by atoms with Gasteiger partial charge in [0.2, 0.25) is 0 Å². The Morgan fingerprint density at radius 3 is 2.48 bits per heavy atom. The van der Waals surface area contributed by atoms with Crippen LogP contribution in [0.15, 0.2) is 65.8 Å². The minimum atomic E-state index is -1.14. The lowest BCUT2D eigenvalue weighted by Crippen LogP contribution is -2.40. The predicted octanol–water partition coefficient (Wildman–Crippen LogP) is 4.97. The number of hydrogen-bond donors (Lipinski definition) is 0. The van der Waals surface area contributed by atoms with Gasteiger partial charge in [0, 0.05) is 19.1 Å². The lowest BCUT2D eigenvalue weighted by atomic mass is 9.84. The summed E-state index contributed by atoms with van der Waals surface area (Å²) in [6.45, 7) is 4.04. The number of hydrogen-bond acceptors (Lipinski definition) is 4. The predicted molar refractivity (Wildman–Crippen MR) is 109 cm³/mol. The second kappa shape index (κ2) is 8.72. The van der Waals surface area contributed by atoms with E-state index in [4.69, 9.17) is 14.2 Å². The minimum Gasteiger partial charge on any atom is -0.466 e. The molecule has 0 aliphatic heterocycles. The third kappa shape index (κ3) is 4.31. The molecule has 0 bridgehead atoms. The van der Waals surface area contributed by atoms with E-state index in [1.165, 1.54) is 20.3 Å². The Hall–Kier alpha value is -2.76. The van der Waals surface area contributed by atoms with Crippen LogP contribution in [0.5, 0.6) is 0 Å². The van der Waals surface area contributed by atoms with Gasteiger partial charge in [-0.25, -0.2) is 9.18 Å². The topological polar surface area (TPSA) is 44.8 Å². The van der Waals surface area contributed by atoms with Gasteiger partial charge < -0.3 is 14.2 Å². The molecule has 0 fully saturated rings. The molecule has 5 heteroatoms. The fourth-order valence-corrected chi connectivity index (χ4v) is 3.50. The van der Waals surface area contributed by atoms with Crippen molar-refractivity contribution in [1.29, 1.82) is 0 Å². The van der Waals surface area contributed by atoms with Gasteiger partial charge in [-0.1, -0.05) is 42.0 Å². The summed E-state index contributed by atoms with van der Waals surface area (Å²) < 4.78 is 31.5. The van der Waals surface area contributed by atoms with Crippen molar-refractivity contribution in [3.63, 3.8) is 0 Å². The molecule has 0 saturated heterocycles. The lowest BCUT2D eigenvalue weighted by molar-refractivity contribution is -0.203. The molecule has 2 aromatic carbocycles. The van der Waals surface area contributed by atoms with Crippen molar-refractivity contribution in [1.82, 2.24) is 0 Å². The third-order valence-corrected chi connectivity index (χ3v) is 5.18. The average molecular weight is 396 g/mol. The molecule has 0 amide bonds. The van der Waals surface area contributed by atoms with E-state index in [0.29, 0.717) is 23.3 Å². The molecule has 0 N–H and O–H groups in total. The van der Waals surface area contributed by atoms with Gasteiger partial charge in [0.25, 0.3) is 0 Å². The van der Waals surface area contributed by atoms with Crippen LogP contribution in [0.3, 0.4) is 0 Å². The molecule has 1 unspecified atom stereocenters. The van der Waals surface area contributed by atoms with Crippen LogP contribution in [0.2, 0.25) is 0 Å². The van der Waals surface area contributed by atoms with Crippen molar-refractivity contribution in [3.8, 4) is 0 Å². The highest BCUT2D eigenvalue weighted by molar-refractivity contribution is 6.01. The van der Waals surface area contributed by atoms with Crippen LogP contribution in [-0.2, 0) is 25.6 Å². The number of benzene rings is 2. The molecular weight excluding hydrogens is 371 g/mol. The number of carbonyl (C=O) groups excluding carboxylic acids is 1. The maximum absolute atomic E-state index is 14.6. The molecule has 152 valence electrons. The number of methoxy groups -OCH3 is 2. The molecule has 0 heterocycles. The molecule has 29 heavy (non-hydrogen) atoms. The number of allylic oxidation sites excluding steroid dienone is 2. The van der Waals surface area contributed by atoms with Gasteiger partial charge in [0.05, 0.1) is 19.3 Å². The van der Waals surface area contributed by atoms with E-state index in [2.05, 4.69) is 0 Å². The Bertz CT molecular complexity index is 962. The molecule has 2 aromatic rings. The van der Waals surface area contributed by atoms with Crippen LogP contribution in [0.1, 0.15) is 30.0 Å².